The summed E-state index contributed by atoms with van der Waals surface area (Å²) in [6.45, 7) is 2.18. The average molecular weight is 368 g/mol. The Bertz CT molecular complexity index is 335. The molecule has 0 aromatic carbocycles. The molecule has 6 nitrogen and oxygen atoms in total. The Morgan fingerprint density at radius 2 is 1.14 bits per heavy atom. The fourth-order valence-corrected chi connectivity index (χ4v) is 12.5. The van der Waals surface area contributed by atoms with E-state index in [1.807, 2.05) is 28.2 Å². The van der Waals surface area contributed by atoms with E-state index >= 15 is 0 Å². The van der Waals surface area contributed by atoms with Gasteiger partial charge in [0, 0.05) is 0 Å². The molecule has 1 fully saturated rings. The molecule has 1 heterocycles. The second kappa shape index (κ2) is 8.04. The minimum absolute atomic E-state index is 1.09. The molecule has 1 saturated heterocycles. The van der Waals surface area contributed by atoms with E-state index in [-0.39, 0.29) is 0 Å². The Kier molecular flexibility index (Phi) is 7.50. The molecule has 9 heteroatoms. The summed E-state index contributed by atoms with van der Waals surface area (Å²) in [5.41, 5.74) is 0. The highest BCUT2D eigenvalue weighted by atomic mass is 35.6. The van der Waals surface area contributed by atoms with Crippen molar-refractivity contribution in [3.8, 4) is 0 Å². The molecule has 0 spiro atoms. The molecule has 0 radical (unpaired) electrons. The predicted molar refractivity (Wildman–Crippen MR) is 98.6 cm³/mol. The lowest BCUT2D eigenvalue weighted by Gasteiger charge is -2.53. The summed E-state index contributed by atoms with van der Waals surface area (Å²) in [5.74, 6) is 0. The first-order chi connectivity index (χ1) is 10.1. The number of nitrogens with zero attached hydrogens (tertiary/aromatic N) is 5. The van der Waals surface area contributed by atoms with Gasteiger partial charge in [0.2, 0.25) is 0 Å². The van der Waals surface area contributed by atoms with Gasteiger partial charge in [0.15, 0.2) is 0 Å². The zero-order valence-corrected chi connectivity index (χ0v) is 18.3. The quantitative estimate of drug-likeness (QED) is 0.488. The Labute approximate surface area is 143 Å². The van der Waals surface area contributed by atoms with E-state index < -0.39 is 16.8 Å². The SMILES string of the molecule is CN(C)[Si](Cl)(O[Si](N(C)C)(N(C)C)N1CCCCC1)N(C)C. The number of hydrogen-bond acceptors (Lipinski definition) is 6. The lowest BCUT2D eigenvalue weighted by Crippen LogP contribution is -2.79. The highest BCUT2D eigenvalue weighted by molar-refractivity contribution is 7.15. The third-order valence-electron chi connectivity index (χ3n) is 4.30. The fourth-order valence-electron chi connectivity index (χ4n) is 3.15. The summed E-state index contributed by atoms with van der Waals surface area (Å²) in [5, 5.41) is 0. The third-order valence-corrected chi connectivity index (χ3v) is 15.0. The van der Waals surface area contributed by atoms with Crippen molar-refractivity contribution >= 4 is 27.8 Å². The van der Waals surface area contributed by atoms with E-state index in [4.69, 9.17) is 15.2 Å². The first kappa shape index (κ1) is 20.5. The van der Waals surface area contributed by atoms with E-state index in [9.17, 15) is 0 Å². The number of piperidine rings is 1. The predicted octanol–water partition coefficient (Wildman–Crippen LogP) is 0.845. The van der Waals surface area contributed by atoms with Crippen LogP contribution < -0.4 is 0 Å². The van der Waals surface area contributed by atoms with Crippen molar-refractivity contribution in [2.75, 3.05) is 69.5 Å². The van der Waals surface area contributed by atoms with Gasteiger partial charge < -0.3 is 4.12 Å². The van der Waals surface area contributed by atoms with Crippen LogP contribution in [0.4, 0.5) is 0 Å². The zero-order valence-electron chi connectivity index (χ0n) is 15.6. The van der Waals surface area contributed by atoms with E-state index in [1.54, 1.807) is 0 Å². The second-order valence-corrected chi connectivity index (χ2v) is 15.5. The van der Waals surface area contributed by atoms with Crippen LogP contribution in [0.5, 0.6) is 0 Å². The van der Waals surface area contributed by atoms with Crippen LogP contribution >= 0.6 is 11.1 Å². The van der Waals surface area contributed by atoms with Gasteiger partial charge in [-0.05, 0) is 82.3 Å². The van der Waals surface area contributed by atoms with Crippen molar-refractivity contribution in [1.29, 1.82) is 0 Å². The minimum Gasteiger partial charge on any atom is -0.385 e. The van der Waals surface area contributed by atoms with Crippen molar-refractivity contribution in [2.45, 2.75) is 19.3 Å². The highest BCUT2D eigenvalue weighted by Gasteiger charge is 2.57. The first-order valence-corrected chi connectivity index (χ1v) is 12.5. The van der Waals surface area contributed by atoms with Crippen molar-refractivity contribution in [3.63, 3.8) is 0 Å². The van der Waals surface area contributed by atoms with Crippen LogP contribution in [0.2, 0.25) is 0 Å². The fraction of sp³-hybridized carbons (Fsp3) is 1.00. The van der Waals surface area contributed by atoms with Gasteiger partial charge >= 0.3 is 16.8 Å². The van der Waals surface area contributed by atoms with Gasteiger partial charge in [-0.25, -0.2) is 0 Å². The molecule has 0 bridgehead atoms. The van der Waals surface area contributed by atoms with Crippen LogP contribution in [-0.2, 0) is 4.12 Å². The molecule has 0 saturated carbocycles. The summed E-state index contributed by atoms with van der Waals surface area (Å²) in [6, 6.07) is 0. The maximum absolute atomic E-state index is 7.02. The molecule has 132 valence electrons. The molecule has 0 unspecified atom stereocenters. The molecule has 1 aliphatic rings. The molecular weight excluding hydrogens is 334 g/mol. The number of rotatable bonds is 7. The molecule has 0 amide bonds. The van der Waals surface area contributed by atoms with Gasteiger partial charge in [0.1, 0.15) is 0 Å². The molecule has 1 aliphatic heterocycles. The average Bonchev–Trinajstić information content (AvgIpc) is 2.44. The molecule has 22 heavy (non-hydrogen) atoms. The van der Waals surface area contributed by atoms with E-state index in [2.05, 4.69) is 51.0 Å². The van der Waals surface area contributed by atoms with E-state index in [1.165, 1.54) is 19.3 Å². The largest absolute Gasteiger partial charge is 0.454 e. The van der Waals surface area contributed by atoms with Crippen LogP contribution in [0.25, 0.3) is 0 Å². The Balaban J connectivity index is 3.24. The van der Waals surface area contributed by atoms with E-state index in [0.29, 0.717) is 0 Å². The van der Waals surface area contributed by atoms with Crippen molar-refractivity contribution in [2.24, 2.45) is 0 Å². The zero-order chi connectivity index (χ0) is 17.1. The molecule has 0 aromatic heterocycles. The normalized spacial score (nSPS) is 19.0. The van der Waals surface area contributed by atoms with Crippen LogP contribution in [0.15, 0.2) is 0 Å². The van der Waals surface area contributed by atoms with Crippen molar-refractivity contribution < 1.29 is 4.12 Å². The lowest BCUT2D eigenvalue weighted by molar-refractivity contribution is 0.176. The monoisotopic (exact) mass is 367 g/mol. The number of halogens is 1. The van der Waals surface area contributed by atoms with Gasteiger partial charge in [0.25, 0.3) is 0 Å². The number of hydrogen-bond donors (Lipinski definition) is 0. The third kappa shape index (κ3) is 3.93. The molecule has 0 aliphatic carbocycles. The molecule has 0 aromatic rings. The lowest BCUT2D eigenvalue weighted by atomic mass is 10.2. The summed E-state index contributed by atoms with van der Waals surface area (Å²) in [4.78, 5) is 0. The first-order valence-electron chi connectivity index (χ1n) is 7.93. The summed E-state index contributed by atoms with van der Waals surface area (Å²) in [6.07, 6.45) is 3.79. The topological polar surface area (TPSA) is 25.4 Å². The molecule has 0 N–H and O–H groups in total. The Morgan fingerprint density at radius 1 is 0.727 bits per heavy atom. The molecular formula is C13H34ClN5OSi2. The Hall–Kier alpha value is 0.484. The molecule has 0 atom stereocenters. The summed E-state index contributed by atoms with van der Waals surface area (Å²) < 4.78 is 18.1. The second-order valence-electron chi connectivity index (χ2n) is 6.83. The minimum atomic E-state index is -2.67. The summed E-state index contributed by atoms with van der Waals surface area (Å²) in [7, 11) is 11.4. The summed E-state index contributed by atoms with van der Waals surface area (Å²) >= 11 is 7.02. The van der Waals surface area contributed by atoms with Crippen LogP contribution in [0.3, 0.4) is 0 Å². The van der Waals surface area contributed by atoms with Gasteiger partial charge in [-0.15, -0.1) is 0 Å². The van der Waals surface area contributed by atoms with Crippen molar-refractivity contribution in [1.82, 2.24) is 22.8 Å². The molecule has 1 rings (SSSR count). The van der Waals surface area contributed by atoms with Crippen molar-refractivity contribution in [3.05, 3.63) is 0 Å². The highest BCUT2D eigenvalue weighted by Crippen LogP contribution is 2.29. The van der Waals surface area contributed by atoms with Crippen LogP contribution in [0.1, 0.15) is 19.3 Å². The maximum atomic E-state index is 7.02. The maximum Gasteiger partial charge on any atom is 0.454 e. The van der Waals surface area contributed by atoms with E-state index in [0.717, 1.165) is 13.1 Å². The van der Waals surface area contributed by atoms with Crippen LogP contribution in [-0.4, -0.2) is 109 Å². The standard InChI is InChI=1S/C13H34ClN5OSi2/c1-15(2)21(14,16(3)4)20-22(17(5)6,18(7)8)19-12-10-9-11-13-19/h9-13H2,1-8H3. The van der Waals surface area contributed by atoms with Gasteiger partial charge in [-0.2, -0.15) is 0 Å². The van der Waals surface area contributed by atoms with Crippen LogP contribution in [0, 0.1) is 0 Å². The van der Waals surface area contributed by atoms with Gasteiger partial charge in [-0.1, -0.05) is 17.5 Å². The smallest absolute Gasteiger partial charge is 0.385 e. The van der Waals surface area contributed by atoms with Gasteiger partial charge in [0.05, 0.1) is 0 Å². The Morgan fingerprint density at radius 3 is 1.45 bits per heavy atom. The van der Waals surface area contributed by atoms with Gasteiger partial charge in [-0.3, -0.25) is 22.8 Å².